The monoisotopic (exact) mass is 381 g/mol. The molecule has 1 aliphatic rings. The number of hydrogen-bond acceptors (Lipinski definition) is 4. The topological polar surface area (TPSA) is 79.0 Å². The van der Waals surface area contributed by atoms with E-state index in [-0.39, 0.29) is 24.9 Å². The third-order valence-electron chi connectivity index (χ3n) is 4.70. The number of nitrogens with zero attached hydrogens (tertiary/aromatic N) is 2. The van der Waals surface area contributed by atoms with E-state index in [2.05, 4.69) is 5.32 Å². The van der Waals surface area contributed by atoms with Crippen molar-refractivity contribution < 1.29 is 19.1 Å². The molecule has 3 rings (SSSR count). The Labute approximate surface area is 163 Å². The van der Waals surface area contributed by atoms with Crippen molar-refractivity contribution in [3.05, 3.63) is 64.7 Å². The van der Waals surface area contributed by atoms with Crippen LogP contribution in [0.2, 0.25) is 0 Å². The molecule has 0 atom stereocenters. The van der Waals surface area contributed by atoms with Crippen LogP contribution in [-0.4, -0.2) is 48.3 Å². The second kappa shape index (κ2) is 8.12. The Bertz CT molecular complexity index is 910. The van der Waals surface area contributed by atoms with Crippen molar-refractivity contribution in [2.45, 2.75) is 20.0 Å². The molecule has 1 saturated heterocycles. The van der Waals surface area contributed by atoms with E-state index in [1.165, 1.54) is 0 Å². The standard InChI is InChI=1S/C21H23N3O4/c1-14-8-9-18(28-3)16(10-14)12-23(2)20(26)17-7-5-4-6-15(17)13-24-19(25)11-22-21(24)27/h4-10H,11-13H2,1-3H3,(H,22,27). The first-order valence-corrected chi connectivity index (χ1v) is 8.95. The van der Waals surface area contributed by atoms with Crippen LogP contribution < -0.4 is 10.1 Å². The van der Waals surface area contributed by atoms with E-state index in [4.69, 9.17) is 4.74 Å². The van der Waals surface area contributed by atoms with Crippen molar-refractivity contribution in [3.63, 3.8) is 0 Å². The smallest absolute Gasteiger partial charge is 0.324 e. The Morgan fingerprint density at radius 1 is 1.18 bits per heavy atom. The fourth-order valence-electron chi connectivity index (χ4n) is 3.22. The summed E-state index contributed by atoms with van der Waals surface area (Å²) in [6.45, 7) is 2.41. The molecule has 0 spiro atoms. The molecule has 7 nitrogen and oxygen atoms in total. The number of carbonyl (C=O) groups is 3. The lowest BCUT2D eigenvalue weighted by Gasteiger charge is -2.22. The Hall–Kier alpha value is -3.35. The number of urea groups is 1. The predicted molar refractivity (Wildman–Crippen MR) is 104 cm³/mol. The quantitative estimate of drug-likeness (QED) is 0.779. The number of hydrogen-bond donors (Lipinski definition) is 1. The highest BCUT2D eigenvalue weighted by Gasteiger charge is 2.29. The van der Waals surface area contributed by atoms with Crippen LogP contribution in [0.5, 0.6) is 5.75 Å². The molecule has 0 unspecified atom stereocenters. The van der Waals surface area contributed by atoms with Gasteiger partial charge in [0, 0.05) is 24.7 Å². The van der Waals surface area contributed by atoms with E-state index >= 15 is 0 Å². The summed E-state index contributed by atoms with van der Waals surface area (Å²) in [5, 5.41) is 2.49. The van der Waals surface area contributed by atoms with Crippen LogP contribution in [0.15, 0.2) is 42.5 Å². The molecule has 7 heteroatoms. The Morgan fingerprint density at radius 2 is 1.93 bits per heavy atom. The van der Waals surface area contributed by atoms with Gasteiger partial charge in [0.2, 0.25) is 5.91 Å². The SMILES string of the molecule is COc1ccc(C)cc1CN(C)C(=O)c1ccccc1CN1C(=O)CNC1=O. The lowest BCUT2D eigenvalue weighted by molar-refractivity contribution is -0.125. The molecule has 2 aromatic carbocycles. The molecular weight excluding hydrogens is 358 g/mol. The molecular formula is C21H23N3O4. The van der Waals surface area contributed by atoms with Gasteiger partial charge in [0.05, 0.1) is 20.2 Å². The lowest BCUT2D eigenvalue weighted by Crippen LogP contribution is -2.32. The van der Waals surface area contributed by atoms with Crippen LogP contribution in [0.25, 0.3) is 0 Å². The first-order valence-electron chi connectivity index (χ1n) is 8.95. The number of imide groups is 1. The number of amides is 4. The molecule has 0 aliphatic carbocycles. The second-order valence-electron chi connectivity index (χ2n) is 6.77. The Kier molecular flexibility index (Phi) is 5.63. The summed E-state index contributed by atoms with van der Waals surface area (Å²) in [6.07, 6.45) is 0. The zero-order valence-corrected chi connectivity index (χ0v) is 16.2. The van der Waals surface area contributed by atoms with Crippen molar-refractivity contribution in [3.8, 4) is 5.75 Å². The second-order valence-corrected chi connectivity index (χ2v) is 6.77. The van der Waals surface area contributed by atoms with E-state index in [9.17, 15) is 14.4 Å². The minimum Gasteiger partial charge on any atom is -0.496 e. The van der Waals surface area contributed by atoms with Gasteiger partial charge in [0.15, 0.2) is 0 Å². The van der Waals surface area contributed by atoms with Gasteiger partial charge in [-0.2, -0.15) is 0 Å². The summed E-state index contributed by atoms with van der Waals surface area (Å²) in [5.41, 5.74) is 3.07. The molecule has 0 bridgehead atoms. The van der Waals surface area contributed by atoms with E-state index in [0.29, 0.717) is 17.7 Å². The van der Waals surface area contributed by atoms with Gasteiger partial charge in [-0.3, -0.25) is 14.5 Å². The maximum Gasteiger partial charge on any atom is 0.324 e. The average molecular weight is 381 g/mol. The van der Waals surface area contributed by atoms with E-state index in [0.717, 1.165) is 21.8 Å². The van der Waals surface area contributed by atoms with Crippen LogP contribution >= 0.6 is 0 Å². The Balaban J connectivity index is 1.82. The van der Waals surface area contributed by atoms with Crippen LogP contribution in [0.3, 0.4) is 0 Å². The van der Waals surface area contributed by atoms with Gasteiger partial charge < -0.3 is 15.0 Å². The fraction of sp³-hybridized carbons (Fsp3) is 0.286. The first-order chi connectivity index (χ1) is 13.4. The minimum absolute atomic E-state index is 0.0119. The zero-order valence-electron chi connectivity index (χ0n) is 16.2. The predicted octanol–water partition coefficient (Wildman–Crippen LogP) is 2.33. The fourth-order valence-corrected chi connectivity index (χ4v) is 3.22. The number of nitrogens with one attached hydrogen (secondary N) is 1. The molecule has 0 radical (unpaired) electrons. The summed E-state index contributed by atoms with van der Waals surface area (Å²) < 4.78 is 5.40. The largest absolute Gasteiger partial charge is 0.496 e. The van der Waals surface area contributed by atoms with Crippen molar-refractivity contribution in [1.29, 1.82) is 0 Å². The van der Waals surface area contributed by atoms with Crippen molar-refractivity contribution in [2.24, 2.45) is 0 Å². The first kappa shape index (κ1) is 19.4. The minimum atomic E-state index is -0.440. The maximum atomic E-state index is 13.1. The van der Waals surface area contributed by atoms with Crippen LogP contribution in [0.4, 0.5) is 4.79 Å². The summed E-state index contributed by atoms with van der Waals surface area (Å²) in [5.74, 6) is 0.231. The molecule has 2 aromatic rings. The molecule has 1 N–H and O–H groups in total. The van der Waals surface area contributed by atoms with Gasteiger partial charge >= 0.3 is 6.03 Å². The lowest BCUT2D eigenvalue weighted by atomic mass is 10.0. The number of rotatable bonds is 6. The summed E-state index contributed by atoms with van der Waals surface area (Å²) in [7, 11) is 3.32. The summed E-state index contributed by atoms with van der Waals surface area (Å²) in [6, 6.07) is 12.4. The number of aryl methyl sites for hydroxylation is 1. The van der Waals surface area contributed by atoms with Crippen LogP contribution in [-0.2, 0) is 17.9 Å². The van der Waals surface area contributed by atoms with Crippen molar-refractivity contribution in [1.82, 2.24) is 15.1 Å². The summed E-state index contributed by atoms with van der Waals surface area (Å²) in [4.78, 5) is 39.5. The van der Waals surface area contributed by atoms with Gasteiger partial charge in [0.25, 0.3) is 5.91 Å². The molecule has 0 aromatic heterocycles. The highest BCUT2D eigenvalue weighted by atomic mass is 16.5. The third kappa shape index (κ3) is 3.98. The van der Waals surface area contributed by atoms with E-state index in [1.54, 1.807) is 43.3 Å². The van der Waals surface area contributed by atoms with Crippen LogP contribution in [0, 0.1) is 6.92 Å². The normalized spacial score (nSPS) is 13.5. The zero-order chi connectivity index (χ0) is 20.3. The number of methoxy groups -OCH3 is 1. The third-order valence-corrected chi connectivity index (χ3v) is 4.70. The maximum absolute atomic E-state index is 13.1. The van der Waals surface area contributed by atoms with E-state index < -0.39 is 6.03 Å². The molecule has 1 aliphatic heterocycles. The molecule has 28 heavy (non-hydrogen) atoms. The van der Waals surface area contributed by atoms with Crippen molar-refractivity contribution >= 4 is 17.8 Å². The van der Waals surface area contributed by atoms with Gasteiger partial charge in [-0.05, 0) is 24.6 Å². The number of benzene rings is 2. The van der Waals surface area contributed by atoms with Gasteiger partial charge in [-0.1, -0.05) is 35.9 Å². The van der Waals surface area contributed by atoms with Crippen LogP contribution in [0.1, 0.15) is 27.0 Å². The van der Waals surface area contributed by atoms with Gasteiger partial charge in [-0.15, -0.1) is 0 Å². The highest BCUT2D eigenvalue weighted by molar-refractivity contribution is 6.02. The molecule has 1 fully saturated rings. The van der Waals surface area contributed by atoms with Crippen molar-refractivity contribution in [2.75, 3.05) is 20.7 Å². The highest BCUT2D eigenvalue weighted by Crippen LogP contribution is 2.22. The Morgan fingerprint density at radius 3 is 2.61 bits per heavy atom. The molecule has 4 amide bonds. The average Bonchev–Trinajstić information content (AvgIpc) is 3.00. The molecule has 0 saturated carbocycles. The summed E-state index contributed by atoms with van der Waals surface area (Å²) >= 11 is 0. The molecule has 146 valence electrons. The number of carbonyl (C=O) groups excluding carboxylic acids is 3. The molecule has 1 heterocycles. The number of ether oxygens (including phenoxy) is 1. The van der Waals surface area contributed by atoms with Gasteiger partial charge in [0.1, 0.15) is 5.75 Å². The van der Waals surface area contributed by atoms with E-state index in [1.807, 2.05) is 25.1 Å². The van der Waals surface area contributed by atoms with Gasteiger partial charge in [-0.25, -0.2) is 4.79 Å².